The molecule has 1 atom stereocenters. The third-order valence-corrected chi connectivity index (χ3v) is 7.23. The highest BCUT2D eigenvalue weighted by Crippen LogP contribution is 2.59. The van der Waals surface area contributed by atoms with Gasteiger partial charge in [0, 0.05) is 6.54 Å². The van der Waals surface area contributed by atoms with E-state index in [2.05, 4.69) is 10.6 Å². The van der Waals surface area contributed by atoms with E-state index in [-0.39, 0.29) is 17.2 Å². The number of rotatable bonds is 6. The van der Waals surface area contributed by atoms with Gasteiger partial charge in [-0.3, -0.25) is 9.59 Å². The fraction of sp³-hybridized carbons (Fsp3) is 0.652. The molecule has 4 aliphatic rings. The van der Waals surface area contributed by atoms with Crippen LogP contribution < -0.4 is 10.6 Å². The Labute approximate surface area is 170 Å². The van der Waals surface area contributed by atoms with E-state index >= 15 is 0 Å². The molecule has 1 aromatic rings. The molecule has 1 aromatic carbocycles. The second kappa shape index (κ2) is 7.69. The highest BCUT2D eigenvalue weighted by atomic mass is 19.1. The molecule has 4 saturated carbocycles. The van der Waals surface area contributed by atoms with Gasteiger partial charge in [-0.2, -0.15) is 0 Å². The van der Waals surface area contributed by atoms with Crippen molar-refractivity contribution in [3.05, 3.63) is 35.4 Å². The largest absolute Gasteiger partial charge is 0.354 e. The van der Waals surface area contributed by atoms with Gasteiger partial charge in [-0.1, -0.05) is 19.9 Å². The van der Waals surface area contributed by atoms with Gasteiger partial charge in [0.15, 0.2) is 0 Å². The van der Waals surface area contributed by atoms with E-state index in [4.69, 9.17) is 0 Å². The van der Waals surface area contributed by atoms with Gasteiger partial charge in [0.2, 0.25) is 5.91 Å². The lowest BCUT2D eigenvalue weighted by Gasteiger charge is -2.57. The number of benzene rings is 1. The highest BCUT2D eigenvalue weighted by Gasteiger charge is 2.50. The summed E-state index contributed by atoms with van der Waals surface area (Å²) in [5.41, 5.74) is -0.458. The van der Waals surface area contributed by atoms with Gasteiger partial charge in [0.05, 0.1) is 0 Å². The van der Waals surface area contributed by atoms with Crippen molar-refractivity contribution < 1.29 is 18.4 Å². The van der Waals surface area contributed by atoms with Gasteiger partial charge >= 0.3 is 0 Å². The van der Waals surface area contributed by atoms with Gasteiger partial charge in [0.1, 0.15) is 23.2 Å². The standard InChI is InChI=1S/C23H30F2N2O2/c1-13(2)20(27-21(28)19-17(24)4-3-5-18(19)25)22(29)26-12-23-9-14-6-15(10-23)8-16(7-14)11-23/h3-5,13-16,20H,6-12H2,1-2H3,(H,26,29)(H,27,28). The zero-order valence-corrected chi connectivity index (χ0v) is 17.1. The maximum Gasteiger partial charge on any atom is 0.257 e. The molecule has 2 amide bonds. The molecule has 2 N–H and O–H groups in total. The molecule has 5 rings (SSSR count). The van der Waals surface area contributed by atoms with Crippen molar-refractivity contribution in [2.45, 2.75) is 58.4 Å². The van der Waals surface area contributed by atoms with Gasteiger partial charge in [0.25, 0.3) is 5.91 Å². The van der Waals surface area contributed by atoms with Crippen molar-refractivity contribution in [2.24, 2.45) is 29.1 Å². The maximum atomic E-state index is 13.9. The van der Waals surface area contributed by atoms with Crippen LogP contribution in [0.5, 0.6) is 0 Å². The molecular formula is C23H30F2N2O2. The summed E-state index contributed by atoms with van der Waals surface area (Å²) in [6.45, 7) is 4.25. The number of carbonyl (C=O) groups excluding carboxylic acids is 2. The lowest BCUT2D eigenvalue weighted by atomic mass is 9.49. The molecule has 0 aliphatic heterocycles. The Morgan fingerprint density at radius 3 is 2.03 bits per heavy atom. The number of amides is 2. The summed E-state index contributed by atoms with van der Waals surface area (Å²) < 4.78 is 27.8. The number of hydrogen-bond acceptors (Lipinski definition) is 2. The molecule has 0 saturated heterocycles. The molecule has 4 nitrogen and oxygen atoms in total. The van der Waals surface area contributed by atoms with E-state index in [0.717, 1.165) is 29.9 Å². The van der Waals surface area contributed by atoms with Crippen LogP contribution in [0.2, 0.25) is 0 Å². The smallest absolute Gasteiger partial charge is 0.257 e. The molecule has 1 unspecified atom stereocenters. The first-order chi connectivity index (χ1) is 13.8. The molecule has 0 spiro atoms. The van der Waals surface area contributed by atoms with E-state index in [1.807, 2.05) is 13.8 Å². The average Bonchev–Trinajstić information content (AvgIpc) is 2.63. The van der Waals surface area contributed by atoms with Crippen LogP contribution in [-0.4, -0.2) is 24.4 Å². The zero-order valence-electron chi connectivity index (χ0n) is 17.1. The fourth-order valence-electron chi connectivity index (χ4n) is 6.35. The minimum Gasteiger partial charge on any atom is -0.354 e. The maximum absolute atomic E-state index is 13.9. The molecule has 29 heavy (non-hydrogen) atoms. The quantitative estimate of drug-likeness (QED) is 0.752. The van der Waals surface area contributed by atoms with Crippen molar-refractivity contribution in [1.82, 2.24) is 10.6 Å². The summed E-state index contributed by atoms with van der Waals surface area (Å²) in [6, 6.07) is 2.44. The first kappa shape index (κ1) is 20.3. The summed E-state index contributed by atoms with van der Waals surface area (Å²) in [5.74, 6) is -0.860. The first-order valence-corrected chi connectivity index (χ1v) is 10.8. The molecule has 4 bridgehead atoms. The van der Waals surface area contributed by atoms with Gasteiger partial charge < -0.3 is 10.6 Å². The number of halogens is 2. The van der Waals surface area contributed by atoms with Gasteiger partial charge in [-0.05, 0) is 79.7 Å². The van der Waals surface area contributed by atoms with Crippen LogP contribution in [0.1, 0.15) is 62.7 Å². The zero-order chi connectivity index (χ0) is 20.8. The highest BCUT2D eigenvalue weighted by molar-refractivity contribution is 5.98. The van der Waals surface area contributed by atoms with Gasteiger partial charge in [-0.15, -0.1) is 0 Å². The predicted molar refractivity (Wildman–Crippen MR) is 106 cm³/mol. The second-order valence-electron chi connectivity index (χ2n) is 9.93. The summed E-state index contributed by atoms with van der Waals surface area (Å²) in [7, 11) is 0. The van der Waals surface area contributed by atoms with E-state index in [0.29, 0.717) is 6.54 Å². The van der Waals surface area contributed by atoms with E-state index in [1.165, 1.54) is 44.6 Å². The Hall–Kier alpha value is -1.98. The van der Waals surface area contributed by atoms with Crippen molar-refractivity contribution in [1.29, 1.82) is 0 Å². The van der Waals surface area contributed by atoms with Crippen LogP contribution in [0.3, 0.4) is 0 Å². The normalized spacial score (nSPS) is 31.0. The Balaban J connectivity index is 1.41. The minimum atomic E-state index is -0.931. The molecule has 0 radical (unpaired) electrons. The molecule has 158 valence electrons. The first-order valence-electron chi connectivity index (χ1n) is 10.8. The fourth-order valence-corrected chi connectivity index (χ4v) is 6.35. The van der Waals surface area contributed by atoms with Crippen molar-refractivity contribution >= 4 is 11.8 Å². The van der Waals surface area contributed by atoms with Crippen molar-refractivity contribution in [3.63, 3.8) is 0 Å². The van der Waals surface area contributed by atoms with E-state index in [1.54, 1.807) is 0 Å². The van der Waals surface area contributed by atoms with Crippen molar-refractivity contribution in [2.75, 3.05) is 6.54 Å². The van der Waals surface area contributed by atoms with Crippen LogP contribution in [0.15, 0.2) is 18.2 Å². The van der Waals surface area contributed by atoms with Crippen LogP contribution in [0.25, 0.3) is 0 Å². The van der Waals surface area contributed by atoms with E-state index < -0.39 is 29.1 Å². The summed E-state index contributed by atoms with van der Waals surface area (Å²) >= 11 is 0. The Kier molecular flexibility index (Phi) is 5.38. The Bertz CT molecular complexity index is 753. The lowest BCUT2D eigenvalue weighted by molar-refractivity contribution is -0.126. The van der Waals surface area contributed by atoms with Gasteiger partial charge in [-0.25, -0.2) is 8.78 Å². The topological polar surface area (TPSA) is 58.2 Å². The molecule has 6 heteroatoms. The monoisotopic (exact) mass is 404 g/mol. The molecule has 4 fully saturated rings. The summed E-state index contributed by atoms with van der Waals surface area (Å²) in [5, 5.41) is 5.61. The lowest BCUT2D eigenvalue weighted by Crippen LogP contribution is -2.55. The number of nitrogens with one attached hydrogen (secondary N) is 2. The van der Waals surface area contributed by atoms with Crippen LogP contribution in [-0.2, 0) is 4.79 Å². The summed E-state index contributed by atoms with van der Waals surface area (Å²) in [4.78, 5) is 25.4. The van der Waals surface area contributed by atoms with Crippen molar-refractivity contribution in [3.8, 4) is 0 Å². The SMILES string of the molecule is CC(C)C(NC(=O)c1c(F)cccc1F)C(=O)NCC12CC3CC(CC(C3)C1)C2. The van der Waals surface area contributed by atoms with E-state index in [9.17, 15) is 18.4 Å². The average molecular weight is 405 g/mol. The minimum absolute atomic E-state index is 0.188. The number of carbonyl (C=O) groups is 2. The second-order valence-corrected chi connectivity index (χ2v) is 9.93. The molecule has 0 heterocycles. The third-order valence-electron chi connectivity index (χ3n) is 7.23. The molecular weight excluding hydrogens is 374 g/mol. The summed E-state index contributed by atoms with van der Waals surface area (Å²) in [6.07, 6.45) is 7.56. The Morgan fingerprint density at radius 1 is 1.03 bits per heavy atom. The predicted octanol–water partition coefficient (Wildman–Crippen LogP) is 4.05. The third kappa shape index (κ3) is 4.03. The molecule has 0 aromatic heterocycles. The van der Waals surface area contributed by atoms with Crippen LogP contribution in [0.4, 0.5) is 8.78 Å². The van der Waals surface area contributed by atoms with Crippen LogP contribution >= 0.6 is 0 Å². The molecule has 4 aliphatic carbocycles. The van der Waals surface area contributed by atoms with Crippen LogP contribution in [0, 0.1) is 40.7 Å². The number of hydrogen-bond donors (Lipinski definition) is 2. The Morgan fingerprint density at radius 2 is 1.55 bits per heavy atom.